The van der Waals surface area contributed by atoms with Gasteiger partial charge in [0.1, 0.15) is 16.8 Å². The van der Waals surface area contributed by atoms with Gasteiger partial charge in [-0.2, -0.15) is 0 Å². The second kappa shape index (κ2) is 8.74. The smallest absolute Gasteiger partial charge is 0.313 e. The zero-order chi connectivity index (χ0) is 20.3. The molecule has 1 amide bonds. The van der Waals surface area contributed by atoms with Crippen molar-refractivity contribution in [3.63, 3.8) is 0 Å². The van der Waals surface area contributed by atoms with Crippen LogP contribution < -0.4 is 4.90 Å². The molecule has 10 heteroatoms. The number of aliphatic carboxylic acids is 1. The SMILES string of the molecule is CC1CN(c2cc(Cl)nc(SCC(=O)O)n2)CCN1C(=O)c1ccccc1F. The molecule has 1 N–H and O–H groups in total. The molecule has 1 aliphatic rings. The van der Waals surface area contributed by atoms with Gasteiger partial charge in [0.2, 0.25) is 0 Å². The number of carbonyl (C=O) groups excluding carboxylic acids is 1. The lowest BCUT2D eigenvalue weighted by atomic mass is 10.1. The van der Waals surface area contributed by atoms with Gasteiger partial charge in [0.05, 0.1) is 11.3 Å². The number of nitrogens with zero attached hydrogens (tertiary/aromatic N) is 4. The van der Waals surface area contributed by atoms with Crippen LogP contribution in [0.1, 0.15) is 17.3 Å². The third kappa shape index (κ3) is 4.71. The lowest BCUT2D eigenvalue weighted by molar-refractivity contribution is -0.133. The van der Waals surface area contributed by atoms with E-state index in [-0.39, 0.29) is 33.6 Å². The van der Waals surface area contributed by atoms with Crippen LogP contribution in [-0.2, 0) is 4.79 Å². The zero-order valence-electron chi connectivity index (χ0n) is 15.0. The molecule has 0 saturated carbocycles. The van der Waals surface area contributed by atoms with Crippen LogP contribution in [0.2, 0.25) is 5.15 Å². The Kier molecular flexibility index (Phi) is 6.35. The Labute approximate surface area is 170 Å². The maximum absolute atomic E-state index is 13.9. The lowest BCUT2D eigenvalue weighted by Gasteiger charge is -2.40. The molecule has 1 unspecified atom stereocenters. The van der Waals surface area contributed by atoms with E-state index >= 15 is 0 Å². The minimum absolute atomic E-state index is 0.0558. The van der Waals surface area contributed by atoms with Gasteiger partial charge < -0.3 is 14.9 Å². The summed E-state index contributed by atoms with van der Waals surface area (Å²) in [5.41, 5.74) is 0.0558. The van der Waals surface area contributed by atoms with Crippen LogP contribution in [0.25, 0.3) is 0 Å². The summed E-state index contributed by atoms with van der Waals surface area (Å²) in [6.07, 6.45) is 0. The highest BCUT2D eigenvalue weighted by molar-refractivity contribution is 7.99. The molecule has 0 aliphatic carbocycles. The molecule has 148 valence electrons. The molecular formula is C18H18ClFN4O3S. The van der Waals surface area contributed by atoms with Gasteiger partial charge >= 0.3 is 5.97 Å². The highest BCUT2D eigenvalue weighted by atomic mass is 35.5. The quantitative estimate of drug-likeness (QED) is 0.448. The third-order valence-electron chi connectivity index (χ3n) is 4.30. The molecule has 2 aromatic rings. The molecular weight excluding hydrogens is 407 g/mol. The fourth-order valence-corrected chi connectivity index (χ4v) is 3.80. The highest BCUT2D eigenvalue weighted by Gasteiger charge is 2.30. The summed E-state index contributed by atoms with van der Waals surface area (Å²) < 4.78 is 13.9. The number of rotatable bonds is 5. The largest absolute Gasteiger partial charge is 0.481 e. The molecule has 7 nitrogen and oxygen atoms in total. The van der Waals surface area contributed by atoms with E-state index in [0.29, 0.717) is 25.5 Å². The Morgan fingerprint density at radius 3 is 2.75 bits per heavy atom. The first-order valence-electron chi connectivity index (χ1n) is 8.54. The highest BCUT2D eigenvalue weighted by Crippen LogP contribution is 2.25. The van der Waals surface area contributed by atoms with E-state index in [2.05, 4.69) is 9.97 Å². The number of anilines is 1. The lowest BCUT2D eigenvalue weighted by Crippen LogP contribution is -2.54. The number of benzene rings is 1. The topological polar surface area (TPSA) is 86.6 Å². The molecule has 0 radical (unpaired) electrons. The van der Waals surface area contributed by atoms with Gasteiger partial charge in [-0.05, 0) is 19.1 Å². The molecule has 1 aromatic heterocycles. The van der Waals surface area contributed by atoms with Gasteiger partial charge in [-0.3, -0.25) is 9.59 Å². The number of carboxylic acid groups (broad SMARTS) is 1. The van der Waals surface area contributed by atoms with Crippen molar-refractivity contribution in [2.75, 3.05) is 30.3 Å². The first kappa shape index (κ1) is 20.3. The minimum atomic E-state index is -0.969. The summed E-state index contributed by atoms with van der Waals surface area (Å²) in [7, 11) is 0. The van der Waals surface area contributed by atoms with Crippen molar-refractivity contribution in [2.45, 2.75) is 18.1 Å². The number of hydrogen-bond donors (Lipinski definition) is 1. The van der Waals surface area contributed by atoms with Crippen molar-refractivity contribution in [3.8, 4) is 0 Å². The van der Waals surface area contributed by atoms with Crippen molar-refractivity contribution in [1.82, 2.24) is 14.9 Å². The Hall–Kier alpha value is -2.39. The van der Waals surface area contributed by atoms with Crippen LogP contribution in [-0.4, -0.2) is 63.3 Å². The van der Waals surface area contributed by atoms with Gasteiger partial charge in [-0.25, -0.2) is 14.4 Å². The van der Waals surface area contributed by atoms with E-state index in [4.69, 9.17) is 16.7 Å². The summed E-state index contributed by atoms with van der Waals surface area (Å²) in [4.78, 5) is 35.4. The number of carbonyl (C=O) groups is 2. The number of thioether (sulfide) groups is 1. The predicted octanol–water partition coefficient (Wildman–Crippen LogP) is 2.80. The Balaban J connectivity index is 1.72. The van der Waals surface area contributed by atoms with Gasteiger partial charge in [0.25, 0.3) is 5.91 Å². The maximum Gasteiger partial charge on any atom is 0.313 e. The van der Waals surface area contributed by atoms with E-state index < -0.39 is 11.8 Å². The number of aromatic nitrogens is 2. The average Bonchev–Trinajstić information content (AvgIpc) is 2.66. The first-order chi connectivity index (χ1) is 13.3. The summed E-state index contributed by atoms with van der Waals surface area (Å²) in [5.74, 6) is -1.45. The van der Waals surface area contributed by atoms with Crippen molar-refractivity contribution in [2.24, 2.45) is 0 Å². The van der Waals surface area contributed by atoms with E-state index in [1.165, 1.54) is 12.1 Å². The van der Waals surface area contributed by atoms with Crippen molar-refractivity contribution in [1.29, 1.82) is 0 Å². The molecule has 0 bridgehead atoms. The fraction of sp³-hybridized carbons (Fsp3) is 0.333. The van der Waals surface area contributed by atoms with Crippen LogP contribution in [0.5, 0.6) is 0 Å². The van der Waals surface area contributed by atoms with E-state index in [9.17, 15) is 14.0 Å². The molecule has 1 saturated heterocycles. The monoisotopic (exact) mass is 424 g/mol. The molecule has 1 aliphatic heterocycles. The minimum Gasteiger partial charge on any atom is -0.481 e. The summed E-state index contributed by atoms with van der Waals surface area (Å²) in [5, 5.41) is 9.31. The van der Waals surface area contributed by atoms with Crippen LogP contribution in [0, 0.1) is 5.82 Å². The van der Waals surface area contributed by atoms with Gasteiger partial charge in [0.15, 0.2) is 5.16 Å². The Morgan fingerprint density at radius 2 is 2.07 bits per heavy atom. The number of piperazine rings is 1. The zero-order valence-corrected chi connectivity index (χ0v) is 16.6. The summed E-state index contributed by atoms with van der Waals surface area (Å²) in [6, 6.07) is 7.36. The van der Waals surface area contributed by atoms with Crippen LogP contribution in [0.4, 0.5) is 10.2 Å². The number of amides is 1. The molecule has 0 spiro atoms. The van der Waals surface area contributed by atoms with Crippen molar-refractivity contribution >= 4 is 41.1 Å². The predicted molar refractivity (Wildman–Crippen MR) is 105 cm³/mol. The molecule has 1 fully saturated rings. The normalized spacial score (nSPS) is 16.9. The number of hydrogen-bond acceptors (Lipinski definition) is 6. The second-order valence-electron chi connectivity index (χ2n) is 6.29. The number of halogens is 2. The first-order valence-corrected chi connectivity index (χ1v) is 9.91. The van der Waals surface area contributed by atoms with Crippen LogP contribution in [0.15, 0.2) is 35.5 Å². The van der Waals surface area contributed by atoms with Crippen LogP contribution >= 0.6 is 23.4 Å². The number of carboxylic acids is 1. The van der Waals surface area contributed by atoms with Crippen molar-refractivity contribution < 1.29 is 19.1 Å². The standard InChI is InChI=1S/C18H18ClFN4O3S/c1-11-9-23(15-8-14(19)21-18(22-15)28-10-16(25)26)6-7-24(11)17(27)12-4-2-3-5-13(12)20/h2-5,8,11H,6-7,9-10H2,1H3,(H,25,26). The van der Waals surface area contributed by atoms with Gasteiger partial charge in [0, 0.05) is 31.7 Å². The molecule has 1 aromatic carbocycles. The fourth-order valence-electron chi connectivity index (χ4n) is 3.00. The van der Waals surface area contributed by atoms with Gasteiger partial charge in [-0.1, -0.05) is 35.5 Å². The van der Waals surface area contributed by atoms with Crippen LogP contribution in [0.3, 0.4) is 0 Å². The maximum atomic E-state index is 13.9. The van der Waals surface area contributed by atoms with Gasteiger partial charge in [-0.15, -0.1) is 0 Å². The molecule has 3 rings (SSSR count). The summed E-state index contributed by atoms with van der Waals surface area (Å²) in [6.45, 7) is 3.25. The molecule has 1 atom stereocenters. The Morgan fingerprint density at radius 1 is 1.32 bits per heavy atom. The average molecular weight is 425 g/mol. The third-order valence-corrected chi connectivity index (χ3v) is 5.33. The summed E-state index contributed by atoms with van der Waals surface area (Å²) >= 11 is 7.04. The second-order valence-corrected chi connectivity index (χ2v) is 7.62. The van der Waals surface area contributed by atoms with Crippen molar-refractivity contribution in [3.05, 3.63) is 46.9 Å². The molecule has 2 heterocycles. The molecule has 28 heavy (non-hydrogen) atoms. The Bertz CT molecular complexity index is 901. The van der Waals surface area contributed by atoms with E-state index in [1.54, 1.807) is 23.1 Å². The van der Waals surface area contributed by atoms with E-state index in [1.807, 2.05) is 11.8 Å². The van der Waals surface area contributed by atoms with E-state index in [0.717, 1.165) is 11.8 Å².